The predicted octanol–water partition coefficient (Wildman–Crippen LogP) is -0.114. The Hall–Kier alpha value is -2.22. The summed E-state index contributed by atoms with van der Waals surface area (Å²) in [4.78, 5) is 23.1. The SMILES string of the molecule is C[C@H](C(=O)NC(N)=O)[NH+](C)Cc1ccc(OC(F)F)cc1. The summed E-state index contributed by atoms with van der Waals surface area (Å²) in [5, 5.41) is 2.02. The molecule has 0 bridgehead atoms. The molecule has 0 spiro atoms. The Kier molecular flexibility index (Phi) is 6.04. The topological polar surface area (TPSA) is 85.9 Å². The Labute approximate surface area is 120 Å². The van der Waals surface area contributed by atoms with Gasteiger partial charge in [0.05, 0.1) is 7.05 Å². The van der Waals surface area contributed by atoms with Crippen LogP contribution in [0.15, 0.2) is 24.3 Å². The molecule has 6 nitrogen and oxygen atoms in total. The second kappa shape index (κ2) is 7.53. The minimum absolute atomic E-state index is 0.0749. The fourth-order valence-corrected chi connectivity index (χ4v) is 1.72. The summed E-state index contributed by atoms with van der Waals surface area (Å²) in [5.41, 5.74) is 5.73. The first-order valence-electron chi connectivity index (χ1n) is 6.26. The van der Waals surface area contributed by atoms with Gasteiger partial charge in [-0.2, -0.15) is 8.78 Å². The highest BCUT2D eigenvalue weighted by atomic mass is 19.3. The molecule has 0 heterocycles. The zero-order valence-corrected chi connectivity index (χ0v) is 11.7. The number of nitrogens with one attached hydrogen (secondary N) is 2. The zero-order chi connectivity index (χ0) is 16.0. The number of primary amides is 1. The van der Waals surface area contributed by atoms with Crippen LogP contribution >= 0.6 is 0 Å². The van der Waals surface area contributed by atoms with Crippen molar-refractivity contribution in [2.75, 3.05) is 7.05 Å². The predicted molar refractivity (Wildman–Crippen MR) is 70.9 cm³/mol. The number of quaternary nitrogens is 1. The zero-order valence-electron chi connectivity index (χ0n) is 11.7. The minimum Gasteiger partial charge on any atom is -0.435 e. The van der Waals surface area contributed by atoms with Gasteiger partial charge in [0.25, 0.3) is 5.91 Å². The van der Waals surface area contributed by atoms with Crippen LogP contribution in [0.1, 0.15) is 12.5 Å². The van der Waals surface area contributed by atoms with Crippen LogP contribution in [0.25, 0.3) is 0 Å². The van der Waals surface area contributed by atoms with Crippen molar-refractivity contribution in [1.29, 1.82) is 0 Å². The fourth-order valence-electron chi connectivity index (χ4n) is 1.72. The first-order valence-corrected chi connectivity index (χ1v) is 6.26. The number of ether oxygens (including phenoxy) is 1. The molecule has 1 aromatic carbocycles. The number of hydrogen-bond donors (Lipinski definition) is 3. The summed E-state index contributed by atoms with van der Waals surface area (Å²) in [6, 6.07) is 4.76. The van der Waals surface area contributed by atoms with Crippen molar-refractivity contribution in [2.45, 2.75) is 26.1 Å². The first-order chi connectivity index (χ1) is 9.79. The average Bonchev–Trinajstić information content (AvgIpc) is 2.38. The van der Waals surface area contributed by atoms with Gasteiger partial charge in [-0.05, 0) is 31.2 Å². The number of halogens is 2. The smallest absolute Gasteiger partial charge is 0.387 e. The van der Waals surface area contributed by atoms with Crippen LogP contribution in [-0.2, 0) is 11.3 Å². The van der Waals surface area contributed by atoms with Gasteiger partial charge in [-0.3, -0.25) is 10.1 Å². The highest BCUT2D eigenvalue weighted by Crippen LogP contribution is 2.14. The van der Waals surface area contributed by atoms with Gasteiger partial charge >= 0.3 is 12.6 Å². The number of alkyl halides is 2. The maximum absolute atomic E-state index is 12.0. The third-order valence-corrected chi connectivity index (χ3v) is 3.01. The number of carbonyl (C=O) groups excluding carboxylic acids is 2. The highest BCUT2D eigenvalue weighted by molar-refractivity contribution is 5.95. The summed E-state index contributed by atoms with van der Waals surface area (Å²) >= 11 is 0. The number of imide groups is 1. The molecule has 0 saturated heterocycles. The molecule has 0 radical (unpaired) electrons. The van der Waals surface area contributed by atoms with Crippen LogP contribution in [0, 0.1) is 0 Å². The van der Waals surface area contributed by atoms with E-state index >= 15 is 0 Å². The van der Waals surface area contributed by atoms with Crippen molar-refractivity contribution in [2.24, 2.45) is 5.73 Å². The van der Waals surface area contributed by atoms with Crippen molar-refractivity contribution in [1.82, 2.24) is 5.32 Å². The van der Waals surface area contributed by atoms with Crippen molar-refractivity contribution in [3.8, 4) is 5.75 Å². The second-order valence-corrected chi connectivity index (χ2v) is 4.62. The van der Waals surface area contributed by atoms with Crippen LogP contribution in [0.2, 0.25) is 0 Å². The van der Waals surface area contributed by atoms with Crippen LogP contribution in [0.3, 0.4) is 0 Å². The quantitative estimate of drug-likeness (QED) is 0.685. The second-order valence-electron chi connectivity index (χ2n) is 4.62. The Bertz CT molecular complexity index is 494. The number of rotatable bonds is 6. The molecule has 116 valence electrons. The van der Waals surface area contributed by atoms with Gasteiger partial charge < -0.3 is 15.4 Å². The van der Waals surface area contributed by atoms with Crippen molar-refractivity contribution in [3.05, 3.63) is 29.8 Å². The molecule has 8 heteroatoms. The van der Waals surface area contributed by atoms with Gasteiger partial charge in [-0.15, -0.1) is 0 Å². The van der Waals surface area contributed by atoms with Crippen molar-refractivity contribution < 1.29 is 28.0 Å². The van der Waals surface area contributed by atoms with Crippen molar-refractivity contribution in [3.63, 3.8) is 0 Å². The summed E-state index contributed by atoms with van der Waals surface area (Å²) in [6.45, 7) is -0.730. The standard InChI is InChI=1S/C13H17F2N3O3/c1-8(11(19)17-13(16)20)18(2)7-9-3-5-10(6-4-9)21-12(14)15/h3-6,8,12H,7H2,1-2H3,(H3,16,17,19,20)/p+1/t8-/m1/s1. The van der Waals surface area contributed by atoms with Crippen molar-refractivity contribution >= 4 is 11.9 Å². The lowest BCUT2D eigenvalue weighted by atomic mass is 10.2. The van der Waals surface area contributed by atoms with E-state index in [4.69, 9.17) is 5.73 Å². The molecule has 0 aliphatic heterocycles. The Balaban J connectivity index is 2.59. The molecule has 0 saturated carbocycles. The molecule has 2 atom stereocenters. The van der Waals surface area contributed by atoms with Gasteiger partial charge in [0.2, 0.25) is 0 Å². The Morgan fingerprint density at radius 3 is 2.38 bits per heavy atom. The molecular formula is C13H18F2N3O3+. The molecule has 0 aliphatic carbocycles. The summed E-state index contributed by atoms with van der Waals surface area (Å²) in [5.74, 6) is -0.399. The molecule has 1 aromatic rings. The number of amides is 3. The van der Waals surface area contributed by atoms with E-state index in [1.54, 1.807) is 26.1 Å². The third-order valence-electron chi connectivity index (χ3n) is 3.01. The lowest BCUT2D eigenvalue weighted by molar-refractivity contribution is -0.908. The molecule has 1 rings (SSSR count). The Morgan fingerprint density at radius 2 is 1.90 bits per heavy atom. The third kappa shape index (κ3) is 5.74. The number of benzene rings is 1. The van der Waals surface area contributed by atoms with E-state index in [9.17, 15) is 18.4 Å². The number of hydrogen-bond acceptors (Lipinski definition) is 3. The summed E-state index contributed by atoms with van der Waals surface area (Å²) < 4.78 is 28.3. The minimum atomic E-state index is -2.86. The van der Waals surface area contributed by atoms with Crippen LogP contribution in [-0.4, -0.2) is 31.6 Å². The molecule has 1 unspecified atom stereocenters. The number of nitrogens with two attached hydrogens (primary N) is 1. The molecular weight excluding hydrogens is 284 g/mol. The van der Waals surface area contributed by atoms with E-state index in [1.807, 2.05) is 5.32 Å². The lowest BCUT2D eigenvalue weighted by Crippen LogP contribution is -3.12. The maximum Gasteiger partial charge on any atom is 0.387 e. The molecule has 4 N–H and O–H groups in total. The van der Waals surface area contributed by atoms with Gasteiger partial charge in [-0.1, -0.05) is 0 Å². The largest absolute Gasteiger partial charge is 0.435 e. The molecule has 0 aliphatic rings. The van der Waals surface area contributed by atoms with Crippen LogP contribution < -0.4 is 20.7 Å². The molecule has 0 aromatic heterocycles. The number of likely N-dealkylation sites (N-methyl/N-ethyl adjacent to an activating group) is 1. The monoisotopic (exact) mass is 302 g/mol. The maximum atomic E-state index is 12.0. The van der Waals surface area contributed by atoms with E-state index in [2.05, 4.69) is 4.74 Å². The van der Waals surface area contributed by atoms with E-state index in [0.717, 1.165) is 10.5 Å². The average molecular weight is 302 g/mol. The van der Waals surface area contributed by atoms with Gasteiger partial charge in [0, 0.05) is 5.56 Å². The van der Waals surface area contributed by atoms with Crippen LogP contribution in [0.5, 0.6) is 5.75 Å². The number of carbonyl (C=O) groups is 2. The fraction of sp³-hybridized carbons (Fsp3) is 0.385. The number of urea groups is 1. The molecule has 0 fully saturated rings. The molecule has 3 amide bonds. The summed E-state index contributed by atoms with van der Waals surface area (Å²) in [6.07, 6.45) is 0. The van der Waals surface area contributed by atoms with E-state index in [0.29, 0.717) is 6.54 Å². The van der Waals surface area contributed by atoms with Gasteiger partial charge in [0.15, 0.2) is 6.04 Å². The van der Waals surface area contributed by atoms with Crippen LogP contribution in [0.4, 0.5) is 13.6 Å². The van der Waals surface area contributed by atoms with Gasteiger partial charge in [-0.25, -0.2) is 4.79 Å². The van der Waals surface area contributed by atoms with E-state index in [-0.39, 0.29) is 5.75 Å². The highest BCUT2D eigenvalue weighted by Gasteiger charge is 2.22. The van der Waals surface area contributed by atoms with E-state index < -0.39 is 24.6 Å². The normalized spacial score (nSPS) is 13.6. The Morgan fingerprint density at radius 1 is 1.33 bits per heavy atom. The lowest BCUT2D eigenvalue weighted by Gasteiger charge is -2.20. The first kappa shape index (κ1) is 16.8. The van der Waals surface area contributed by atoms with E-state index in [1.165, 1.54) is 12.1 Å². The van der Waals surface area contributed by atoms with Gasteiger partial charge in [0.1, 0.15) is 12.3 Å². The summed E-state index contributed by atoms with van der Waals surface area (Å²) in [7, 11) is 1.77. The molecule has 21 heavy (non-hydrogen) atoms.